The first kappa shape index (κ1) is 28.3. The number of aromatic nitrogens is 4. The molecule has 234 valence electrons. The largest absolute Gasteiger partial charge is 0.494 e. The van der Waals surface area contributed by atoms with Crippen molar-refractivity contribution in [3.63, 3.8) is 0 Å². The van der Waals surface area contributed by atoms with E-state index in [0.717, 1.165) is 49.1 Å². The third-order valence-electron chi connectivity index (χ3n) is 9.56. The number of hydrogen-bond acceptors (Lipinski definition) is 9. The number of rotatable bonds is 9. The molecule has 46 heavy (non-hydrogen) atoms. The molecule has 0 bridgehead atoms. The van der Waals surface area contributed by atoms with Crippen LogP contribution in [0.2, 0.25) is 0 Å². The normalized spacial score (nSPS) is 19.4. The third-order valence-corrected chi connectivity index (χ3v) is 9.56. The minimum atomic E-state index is -0.283. The Bertz CT molecular complexity index is 1950. The van der Waals surface area contributed by atoms with Crippen LogP contribution in [0.5, 0.6) is 5.75 Å². The van der Waals surface area contributed by atoms with Crippen LogP contribution in [0.25, 0.3) is 33.6 Å². The lowest BCUT2D eigenvalue weighted by atomic mass is 10.1. The molecule has 5 aromatic rings. The molecule has 11 nitrogen and oxygen atoms in total. The summed E-state index contributed by atoms with van der Waals surface area (Å²) < 4.78 is 14.0. The highest BCUT2D eigenvalue weighted by atomic mass is 16.5. The molecule has 2 aliphatic heterocycles. The van der Waals surface area contributed by atoms with Gasteiger partial charge in [-0.05, 0) is 57.0 Å². The fourth-order valence-electron chi connectivity index (χ4n) is 7.08. The molecule has 1 saturated carbocycles. The standard InChI is InChI=1S/C35H36N8O3/c1-4-32(44)38-26-15-27(31(45-3)16-29(26)42-18-21-11-13-41(2)30(21)20-42)39-35-37-17-24(34-36-12-14-46-34)33(40-35)25-19-43(22-9-10-22)28-8-6-5-7-23(25)28/h4-8,12,14-17,19,21-22,30H,1,9-11,13,18,20H2,2-3H3,(H,38,44)(H,37,39,40)/t21-,30+/m0/s1. The Hall–Kier alpha value is -5.16. The molecule has 3 aliphatic rings. The van der Waals surface area contributed by atoms with Gasteiger partial charge in [-0.3, -0.25) is 4.79 Å². The Balaban J connectivity index is 1.20. The first-order chi connectivity index (χ1) is 22.5. The number of para-hydroxylation sites is 1. The van der Waals surface area contributed by atoms with E-state index < -0.39 is 0 Å². The van der Waals surface area contributed by atoms with Gasteiger partial charge in [-0.2, -0.15) is 0 Å². The van der Waals surface area contributed by atoms with Gasteiger partial charge < -0.3 is 34.2 Å². The van der Waals surface area contributed by atoms with Crippen molar-refractivity contribution in [2.45, 2.75) is 31.3 Å². The molecule has 5 heterocycles. The Morgan fingerprint density at radius 3 is 2.74 bits per heavy atom. The van der Waals surface area contributed by atoms with E-state index in [1.165, 1.54) is 18.0 Å². The number of carbonyl (C=O) groups excluding carboxylic acids is 1. The number of benzene rings is 2. The summed E-state index contributed by atoms with van der Waals surface area (Å²) in [5.74, 6) is 1.75. The van der Waals surface area contributed by atoms with Crippen LogP contribution in [-0.4, -0.2) is 70.2 Å². The number of ether oxygens (including phenoxy) is 1. The number of anilines is 4. The minimum absolute atomic E-state index is 0.283. The number of hydrogen-bond donors (Lipinski definition) is 2. The highest BCUT2D eigenvalue weighted by Crippen LogP contribution is 2.44. The quantitative estimate of drug-likeness (QED) is 0.190. The molecule has 0 spiro atoms. The van der Waals surface area contributed by atoms with Crippen molar-refractivity contribution < 1.29 is 13.9 Å². The van der Waals surface area contributed by atoms with E-state index >= 15 is 0 Å². The lowest BCUT2D eigenvalue weighted by Gasteiger charge is -2.26. The molecule has 8 rings (SSSR count). The van der Waals surface area contributed by atoms with E-state index in [-0.39, 0.29) is 5.91 Å². The van der Waals surface area contributed by atoms with Crippen LogP contribution >= 0.6 is 0 Å². The molecule has 2 atom stereocenters. The smallest absolute Gasteiger partial charge is 0.247 e. The number of fused-ring (bicyclic) bond motifs is 2. The number of nitrogens with one attached hydrogen (secondary N) is 2. The van der Waals surface area contributed by atoms with Gasteiger partial charge in [0.05, 0.1) is 41.6 Å². The van der Waals surface area contributed by atoms with E-state index in [1.54, 1.807) is 25.8 Å². The first-order valence-corrected chi connectivity index (χ1v) is 15.7. The molecule has 0 radical (unpaired) electrons. The third kappa shape index (κ3) is 4.96. The summed E-state index contributed by atoms with van der Waals surface area (Å²) >= 11 is 0. The number of likely N-dealkylation sites (N-methyl/N-ethyl adjacent to an activating group) is 1. The van der Waals surface area contributed by atoms with Gasteiger partial charge in [0.25, 0.3) is 0 Å². The van der Waals surface area contributed by atoms with Gasteiger partial charge in [-0.15, -0.1) is 0 Å². The number of methoxy groups -OCH3 is 1. The predicted molar refractivity (Wildman–Crippen MR) is 179 cm³/mol. The molecule has 1 amide bonds. The van der Waals surface area contributed by atoms with Gasteiger partial charge in [-0.25, -0.2) is 15.0 Å². The van der Waals surface area contributed by atoms with Crippen LogP contribution in [0, 0.1) is 5.92 Å². The lowest BCUT2D eigenvalue weighted by molar-refractivity contribution is -0.111. The van der Waals surface area contributed by atoms with Gasteiger partial charge >= 0.3 is 0 Å². The average Bonchev–Trinajstić information content (AvgIpc) is 3.41. The van der Waals surface area contributed by atoms with Crippen molar-refractivity contribution in [3.05, 3.63) is 73.9 Å². The van der Waals surface area contributed by atoms with Crippen molar-refractivity contribution in [1.29, 1.82) is 0 Å². The Morgan fingerprint density at radius 2 is 1.98 bits per heavy atom. The Labute approximate surface area is 266 Å². The summed E-state index contributed by atoms with van der Waals surface area (Å²) in [6.45, 7) is 6.59. The fraction of sp³-hybridized carbons (Fsp3) is 0.314. The predicted octanol–water partition coefficient (Wildman–Crippen LogP) is 6.11. The summed E-state index contributed by atoms with van der Waals surface area (Å²) in [6.07, 6.45) is 11.9. The topological polar surface area (TPSA) is 114 Å². The van der Waals surface area contributed by atoms with E-state index in [0.29, 0.717) is 58.2 Å². The second-order valence-electron chi connectivity index (χ2n) is 12.4. The molecular formula is C35H36N8O3. The number of likely N-dealkylation sites (tertiary alicyclic amines) is 1. The fourth-order valence-corrected chi connectivity index (χ4v) is 7.08. The molecule has 1 aliphatic carbocycles. The number of carbonyl (C=O) groups is 1. The zero-order chi connectivity index (χ0) is 31.4. The van der Waals surface area contributed by atoms with Crippen LogP contribution < -0.4 is 20.3 Å². The van der Waals surface area contributed by atoms with Crippen molar-refractivity contribution in [2.75, 3.05) is 49.3 Å². The van der Waals surface area contributed by atoms with E-state index in [2.05, 4.69) is 73.0 Å². The molecule has 2 aromatic carbocycles. The number of oxazole rings is 1. The van der Waals surface area contributed by atoms with Gasteiger partial charge in [0, 0.05) is 60.1 Å². The van der Waals surface area contributed by atoms with Crippen LogP contribution in [0.15, 0.2) is 78.3 Å². The summed E-state index contributed by atoms with van der Waals surface area (Å²) in [6, 6.07) is 13.2. The molecular weight excluding hydrogens is 580 g/mol. The number of nitrogens with zero attached hydrogens (tertiary/aromatic N) is 6. The highest BCUT2D eigenvalue weighted by molar-refractivity contribution is 6.02. The second-order valence-corrected chi connectivity index (χ2v) is 12.4. The van der Waals surface area contributed by atoms with Crippen LogP contribution in [-0.2, 0) is 4.79 Å². The zero-order valence-electron chi connectivity index (χ0n) is 25.9. The highest BCUT2D eigenvalue weighted by Gasteiger charge is 2.40. The summed E-state index contributed by atoms with van der Waals surface area (Å²) in [5.41, 5.74) is 5.75. The van der Waals surface area contributed by atoms with Gasteiger partial charge in [0.1, 0.15) is 12.0 Å². The van der Waals surface area contributed by atoms with Gasteiger partial charge in [0.15, 0.2) is 0 Å². The Kier molecular flexibility index (Phi) is 6.97. The summed E-state index contributed by atoms with van der Waals surface area (Å²) in [5, 5.41) is 7.51. The van der Waals surface area contributed by atoms with Crippen LogP contribution in [0.1, 0.15) is 25.3 Å². The van der Waals surface area contributed by atoms with Crippen LogP contribution in [0.4, 0.5) is 23.0 Å². The summed E-state index contributed by atoms with van der Waals surface area (Å²) in [4.78, 5) is 31.5. The second kappa shape index (κ2) is 11.3. The maximum atomic E-state index is 12.6. The monoisotopic (exact) mass is 616 g/mol. The first-order valence-electron chi connectivity index (χ1n) is 15.7. The van der Waals surface area contributed by atoms with Crippen molar-refractivity contribution >= 4 is 39.8 Å². The maximum Gasteiger partial charge on any atom is 0.247 e. The summed E-state index contributed by atoms with van der Waals surface area (Å²) in [7, 11) is 3.83. The lowest BCUT2D eigenvalue weighted by Crippen LogP contribution is -2.32. The van der Waals surface area contributed by atoms with Gasteiger partial charge in [-0.1, -0.05) is 24.8 Å². The maximum absolute atomic E-state index is 12.6. The van der Waals surface area contributed by atoms with Crippen LogP contribution in [0.3, 0.4) is 0 Å². The molecule has 2 N–H and O–H groups in total. The van der Waals surface area contributed by atoms with Gasteiger partial charge in [0.2, 0.25) is 17.7 Å². The average molecular weight is 617 g/mol. The molecule has 3 fully saturated rings. The Morgan fingerprint density at radius 1 is 1.11 bits per heavy atom. The van der Waals surface area contributed by atoms with E-state index in [1.807, 2.05) is 18.2 Å². The molecule has 0 unspecified atom stereocenters. The number of amides is 1. The van der Waals surface area contributed by atoms with E-state index in [9.17, 15) is 4.79 Å². The molecule has 3 aromatic heterocycles. The SMILES string of the molecule is C=CC(=O)Nc1cc(Nc2ncc(-c3ncco3)c(-c3cn(C4CC4)c4ccccc34)n2)c(OC)cc1N1C[C@@H]2CCN(C)[C@@H]2C1. The molecule has 2 saturated heterocycles. The van der Waals surface area contributed by atoms with E-state index in [4.69, 9.17) is 14.1 Å². The van der Waals surface area contributed by atoms with Crippen molar-refractivity contribution in [1.82, 2.24) is 24.4 Å². The molecule has 11 heteroatoms. The zero-order valence-corrected chi connectivity index (χ0v) is 25.9. The minimum Gasteiger partial charge on any atom is -0.494 e. The van der Waals surface area contributed by atoms with Crippen molar-refractivity contribution in [3.8, 4) is 28.5 Å². The van der Waals surface area contributed by atoms with Crippen molar-refractivity contribution in [2.24, 2.45) is 5.92 Å².